The molecule has 3 aromatic rings. The van der Waals surface area contributed by atoms with Gasteiger partial charge in [-0.1, -0.05) is 17.3 Å². The molecule has 156 valence electrons. The monoisotopic (exact) mass is 413 g/mol. The highest BCUT2D eigenvalue weighted by atomic mass is 16.2. The van der Waals surface area contributed by atoms with Gasteiger partial charge < -0.3 is 10.6 Å². The molecule has 2 aromatic heterocycles. The van der Waals surface area contributed by atoms with Gasteiger partial charge in [-0.3, -0.25) is 9.78 Å². The van der Waals surface area contributed by atoms with Crippen LogP contribution < -0.4 is 10.6 Å². The fourth-order valence-corrected chi connectivity index (χ4v) is 4.61. The zero-order valence-electron chi connectivity index (χ0n) is 17.0. The first-order valence-corrected chi connectivity index (χ1v) is 10.6. The molecule has 3 heterocycles. The van der Waals surface area contributed by atoms with Gasteiger partial charge in [0.05, 0.1) is 24.0 Å². The molecule has 31 heavy (non-hydrogen) atoms. The van der Waals surface area contributed by atoms with Crippen LogP contribution in [0.3, 0.4) is 0 Å². The number of nitrogens with one attached hydrogen (secondary N) is 2. The normalized spacial score (nSPS) is 22.7. The van der Waals surface area contributed by atoms with E-state index in [0.29, 0.717) is 18.4 Å². The zero-order chi connectivity index (χ0) is 21.2. The Bertz CT molecular complexity index is 1100. The molecule has 1 aromatic carbocycles. The molecule has 0 unspecified atom stereocenters. The van der Waals surface area contributed by atoms with Gasteiger partial charge in [0.1, 0.15) is 11.7 Å². The van der Waals surface area contributed by atoms with Crippen LogP contribution in [0, 0.1) is 17.2 Å². The summed E-state index contributed by atoms with van der Waals surface area (Å²) in [6.45, 7) is 0. The molecular formula is C23H23N7O. The van der Waals surface area contributed by atoms with E-state index in [4.69, 9.17) is 0 Å². The van der Waals surface area contributed by atoms with Gasteiger partial charge in [0.25, 0.3) is 0 Å². The number of hydrogen-bond donors (Lipinski definition) is 2. The van der Waals surface area contributed by atoms with E-state index >= 15 is 0 Å². The van der Waals surface area contributed by atoms with Crippen LogP contribution >= 0.6 is 0 Å². The van der Waals surface area contributed by atoms with Crippen molar-refractivity contribution in [2.45, 2.75) is 43.8 Å². The number of piperidine rings is 1. The first-order valence-electron chi connectivity index (χ1n) is 10.6. The van der Waals surface area contributed by atoms with E-state index in [9.17, 15) is 10.1 Å². The number of pyridine rings is 1. The summed E-state index contributed by atoms with van der Waals surface area (Å²) in [6.07, 6.45) is 9.09. The van der Waals surface area contributed by atoms with Gasteiger partial charge in [0.2, 0.25) is 5.91 Å². The molecule has 2 bridgehead atoms. The summed E-state index contributed by atoms with van der Waals surface area (Å²) in [6, 6.07) is 13.5. The number of carbonyl (C=O) groups is 1. The van der Waals surface area contributed by atoms with Crippen LogP contribution in [-0.4, -0.2) is 44.0 Å². The molecule has 2 fully saturated rings. The largest absolute Gasteiger partial charge is 0.339 e. The Morgan fingerprint density at radius 2 is 2.03 bits per heavy atom. The topological polar surface area (TPSA) is 109 Å². The maximum Gasteiger partial charge on any atom is 0.238 e. The molecule has 8 nitrogen and oxygen atoms in total. The number of nitriles is 1. The third-order valence-electron chi connectivity index (χ3n) is 6.22. The van der Waals surface area contributed by atoms with Crippen molar-refractivity contribution < 1.29 is 4.79 Å². The van der Waals surface area contributed by atoms with Crippen molar-refractivity contribution in [3.05, 3.63) is 60.6 Å². The first kappa shape index (κ1) is 19.4. The van der Waals surface area contributed by atoms with E-state index in [1.165, 1.54) is 0 Å². The molecule has 0 spiro atoms. The highest BCUT2D eigenvalue weighted by Crippen LogP contribution is 2.35. The van der Waals surface area contributed by atoms with Crippen LogP contribution in [0.4, 0.5) is 0 Å². The lowest BCUT2D eigenvalue weighted by Crippen LogP contribution is -2.50. The van der Waals surface area contributed by atoms with Crippen LogP contribution in [0.1, 0.15) is 24.8 Å². The smallest absolute Gasteiger partial charge is 0.238 e. The molecular weight excluding hydrogens is 390 g/mol. The standard InChI is InChI=1S/C23H23N7O/c24-13-19(27-23(31)22-17-3-4-18(12-17)26-22)11-15-1-5-20(6-2-15)30-14-21(28-29-30)16-7-9-25-10-8-16/h1-2,5-10,14,17-19,22,26H,3-4,11-12H2,(H,27,31)/t17-,18+,19-,22-/m0/s1. The minimum absolute atomic E-state index is 0.0540. The second kappa shape index (κ2) is 8.28. The highest BCUT2D eigenvalue weighted by molar-refractivity contribution is 5.83. The SMILES string of the molecule is N#C[C@H](Cc1ccc(-n2cc(-c3ccncc3)nn2)cc1)NC(=O)[C@H]1N[C@@H]2CC[C@H]1C2. The van der Waals surface area contributed by atoms with Crippen LogP contribution in [-0.2, 0) is 11.2 Å². The van der Waals surface area contributed by atoms with Crippen molar-refractivity contribution >= 4 is 5.91 Å². The summed E-state index contributed by atoms with van der Waals surface area (Å²) in [5.41, 5.74) is 3.58. The van der Waals surface area contributed by atoms with Gasteiger partial charge in [-0.2, -0.15) is 5.26 Å². The molecule has 1 amide bonds. The van der Waals surface area contributed by atoms with Crippen molar-refractivity contribution in [2.24, 2.45) is 5.92 Å². The molecule has 5 rings (SSSR count). The fraction of sp³-hybridized carbons (Fsp3) is 0.348. The van der Waals surface area contributed by atoms with Crippen molar-refractivity contribution in [2.75, 3.05) is 0 Å². The summed E-state index contributed by atoms with van der Waals surface area (Å²) in [7, 11) is 0. The summed E-state index contributed by atoms with van der Waals surface area (Å²) in [5, 5.41) is 24.3. The summed E-state index contributed by atoms with van der Waals surface area (Å²) >= 11 is 0. The summed E-state index contributed by atoms with van der Waals surface area (Å²) in [4.78, 5) is 16.6. The van der Waals surface area contributed by atoms with Gasteiger partial charge in [-0.15, -0.1) is 5.10 Å². The minimum Gasteiger partial charge on any atom is -0.339 e. The molecule has 1 aliphatic carbocycles. The maximum atomic E-state index is 12.6. The average molecular weight is 413 g/mol. The van der Waals surface area contributed by atoms with Gasteiger partial charge in [0, 0.05) is 30.4 Å². The second-order valence-electron chi connectivity index (χ2n) is 8.26. The fourth-order valence-electron chi connectivity index (χ4n) is 4.61. The number of nitrogens with zero attached hydrogens (tertiary/aromatic N) is 5. The number of amides is 1. The van der Waals surface area contributed by atoms with Gasteiger partial charge >= 0.3 is 0 Å². The second-order valence-corrected chi connectivity index (χ2v) is 8.26. The number of aromatic nitrogens is 4. The third kappa shape index (κ3) is 4.05. The molecule has 4 atom stereocenters. The van der Waals surface area contributed by atoms with Crippen LogP contribution in [0.2, 0.25) is 0 Å². The van der Waals surface area contributed by atoms with Crippen molar-refractivity contribution in [3.8, 4) is 23.0 Å². The first-order chi connectivity index (χ1) is 15.2. The Kier molecular flexibility index (Phi) is 5.18. The van der Waals surface area contributed by atoms with Crippen LogP contribution in [0.5, 0.6) is 0 Å². The molecule has 2 N–H and O–H groups in total. The number of carbonyl (C=O) groups excluding carboxylic acids is 1. The summed E-state index contributed by atoms with van der Waals surface area (Å²) in [5.74, 6) is 0.352. The van der Waals surface area contributed by atoms with Crippen molar-refractivity contribution in [1.29, 1.82) is 5.26 Å². The Morgan fingerprint density at radius 3 is 2.71 bits per heavy atom. The highest BCUT2D eigenvalue weighted by Gasteiger charge is 2.43. The van der Waals surface area contributed by atoms with E-state index in [1.54, 1.807) is 17.1 Å². The predicted molar refractivity (Wildman–Crippen MR) is 114 cm³/mol. The van der Waals surface area contributed by atoms with Crippen molar-refractivity contribution in [1.82, 2.24) is 30.6 Å². The molecule has 8 heteroatoms. The zero-order valence-corrected chi connectivity index (χ0v) is 17.0. The number of fused-ring (bicyclic) bond motifs is 2. The van der Waals surface area contributed by atoms with E-state index in [1.807, 2.05) is 42.6 Å². The Hall–Kier alpha value is -3.57. The molecule has 2 aliphatic rings. The molecule has 1 saturated carbocycles. The Balaban J connectivity index is 1.22. The Morgan fingerprint density at radius 1 is 1.23 bits per heavy atom. The number of benzene rings is 1. The number of rotatable bonds is 6. The molecule has 1 saturated heterocycles. The van der Waals surface area contributed by atoms with E-state index in [0.717, 1.165) is 41.8 Å². The van der Waals surface area contributed by atoms with E-state index < -0.39 is 6.04 Å². The van der Waals surface area contributed by atoms with Gasteiger partial charge in [-0.25, -0.2) is 4.68 Å². The lowest BCUT2D eigenvalue weighted by molar-refractivity contribution is -0.124. The number of hydrogen-bond acceptors (Lipinski definition) is 6. The molecule has 1 aliphatic heterocycles. The summed E-state index contributed by atoms with van der Waals surface area (Å²) < 4.78 is 1.71. The van der Waals surface area contributed by atoms with E-state index in [-0.39, 0.29) is 11.9 Å². The predicted octanol–water partition coefficient (Wildman–Crippen LogP) is 2.02. The van der Waals surface area contributed by atoms with Gasteiger partial charge in [0.15, 0.2) is 0 Å². The lowest BCUT2D eigenvalue weighted by Gasteiger charge is -2.23. The van der Waals surface area contributed by atoms with Gasteiger partial charge in [-0.05, 0) is 55.0 Å². The van der Waals surface area contributed by atoms with E-state index in [2.05, 4.69) is 32.0 Å². The average Bonchev–Trinajstić information content (AvgIpc) is 3.57. The third-order valence-corrected chi connectivity index (χ3v) is 6.22. The van der Waals surface area contributed by atoms with Crippen molar-refractivity contribution in [3.63, 3.8) is 0 Å². The maximum absolute atomic E-state index is 12.6. The lowest BCUT2D eigenvalue weighted by atomic mass is 9.98. The quantitative estimate of drug-likeness (QED) is 0.640. The molecule has 0 radical (unpaired) electrons. The Labute approximate surface area is 180 Å². The van der Waals surface area contributed by atoms with Crippen LogP contribution in [0.25, 0.3) is 16.9 Å². The van der Waals surface area contributed by atoms with Crippen LogP contribution in [0.15, 0.2) is 55.0 Å². The minimum atomic E-state index is -0.552.